The van der Waals surface area contributed by atoms with Gasteiger partial charge in [-0.1, -0.05) is 6.07 Å². The van der Waals surface area contributed by atoms with Gasteiger partial charge in [0.1, 0.15) is 0 Å². The predicted octanol–water partition coefficient (Wildman–Crippen LogP) is 2.06. The molecule has 1 fully saturated rings. The minimum atomic E-state index is -3.56. The lowest BCUT2D eigenvalue weighted by Gasteiger charge is -2.16. The Morgan fingerprint density at radius 2 is 2.13 bits per heavy atom. The lowest BCUT2D eigenvalue weighted by Crippen LogP contribution is -2.36. The van der Waals surface area contributed by atoms with Gasteiger partial charge in [-0.3, -0.25) is 4.99 Å². The first-order valence-electron chi connectivity index (χ1n) is 7.10. The molecular weight excluding hydrogens is 495 g/mol. The normalized spacial score (nSPS) is 15.2. The van der Waals surface area contributed by atoms with Crippen LogP contribution in [0.1, 0.15) is 18.4 Å². The Hall–Kier alpha value is -0.390. The summed E-state index contributed by atoms with van der Waals surface area (Å²) in [5.74, 6) is 0.457. The second-order valence-corrected chi connectivity index (χ2v) is 8.00. The van der Waals surface area contributed by atoms with Crippen LogP contribution in [0.3, 0.4) is 0 Å². The highest BCUT2D eigenvalue weighted by molar-refractivity contribution is 14.0. The van der Waals surface area contributed by atoms with Gasteiger partial charge < -0.3 is 10.6 Å². The molecule has 3 N–H and O–H groups in total. The number of nitrogens with zero attached hydrogens (tertiary/aromatic N) is 2. The molecule has 130 valence electrons. The van der Waals surface area contributed by atoms with Crippen LogP contribution in [0.5, 0.6) is 0 Å². The fraction of sp³-hybridized carbons (Fsp3) is 0.500. The molecule has 0 spiro atoms. The zero-order valence-electron chi connectivity index (χ0n) is 13.1. The van der Waals surface area contributed by atoms with Crippen LogP contribution in [0.15, 0.2) is 32.6 Å². The average Bonchev–Trinajstić information content (AvgIpc) is 3.29. The maximum atomic E-state index is 12.3. The first-order valence-corrected chi connectivity index (χ1v) is 9.37. The van der Waals surface area contributed by atoms with Crippen molar-refractivity contribution in [2.24, 2.45) is 10.7 Å². The van der Waals surface area contributed by atoms with Crippen LogP contribution in [0.4, 0.5) is 0 Å². The van der Waals surface area contributed by atoms with Crippen molar-refractivity contribution in [1.29, 1.82) is 0 Å². The summed E-state index contributed by atoms with van der Waals surface area (Å²) in [6, 6.07) is 5.70. The number of nitrogens with one attached hydrogen (secondary N) is 1. The van der Waals surface area contributed by atoms with E-state index in [-0.39, 0.29) is 35.4 Å². The molecule has 2 rings (SSSR count). The number of aliphatic imine (C=N–C) groups is 1. The zero-order valence-corrected chi connectivity index (χ0v) is 17.9. The molecule has 1 aromatic rings. The second-order valence-electron chi connectivity index (χ2n) is 5.41. The summed E-state index contributed by atoms with van der Waals surface area (Å²) in [6.45, 7) is 2.37. The van der Waals surface area contributed by atoms with E-state index in [0.717, 1.165) is 18.4 Å². The van der Waals surface area contributed by atoms with Crippen LogP contribution in [0, 0.1) is 6.92 Å². The molecule has 0 heterocycles. The summed E-state index contributed by atoms with van der Waals surface area (Å²) >= 11 is 3.27. The number of hydrogen-bond donors (Lipinski definition) is 2. The summed E-state index contributed by atoms with van der Waals surface area (Å²) in [5.41, 5.74) is 6.74. The van der Waals surface area contributed by atoms with Gasteiger partial charge >= 0.3 is 0 Å². The molecule has 23 heavy (non-hydrogen) atoms. The Morgan fingerprint density at radius 1 is 1.48 bits per heavy atom. The summed E-state index contributed by atoms with van der Waals surface area (Å²) in [4.78, 5) is 6.38. The van der Waals surface area contributed by atoms with E-state index >= 15 is 0 Å². The highest BCUT2D eigenvalue weighted by Crippen LogP contribution is 2.25. The molecule has 1 aromatic carbocycles. The standard InChI is InChI=1S/C14H21BrN4O2S.HI/c1-10-3-6-12(15)13(9-10)22(20,21)18-8-7-17-14(16)19(2)11-4-5-11;/h3,6,9,11,18H,4-5,7-8H2,1-2H3,(H2,16,17);1H. The van der Waals surface area contributed by atoms with E-state index in [1.807, 2.05) is 24.9 Å². The number of benzene rings is 1. The predicted molar refractivity (Wildman–Crippen MR) is 107 cm³/mol. The molecule has 0 aromatic heterocycles. The van der Waals surface area contributed by atoms with Gasteiger partial charge in [-0.25, -0.2) is 13.1 Å². The van der Waals surface area contributed by atoms with Crippen LogP contribution >= 0.6 is 39.9 Å². The van der Waals surface area contributed by atoms with Crippen LogP contribution in [-0.2, 0) is 10.0 Å². The van der Waals surface area contributed by atoms with E-state index in [1.165, 1.54) is 0 Å². The van der Waals surface area contributed by atoms with Crippen LogP contribution < -0.4 is 10.5 Å². The van der Waals surface area contributed by atoms with E-state index < -0.39 is 10.0 Å². The summed E-state index contributed by atoms with van der Waals surface area (Å²) in [5, 5.41) is 0. The van der Waals surface area contributed by atoms with Gasteiger partial charge in [0.15, 0.2) is 5.96 Å². The van der Waals surface area contributed by atoms with Crippen molar-refractivity contribution in [1.82, 2.24) is 9.62 Å². The van der Waals surface area contributed by atoms with E-state index in [1.54, 1.807) is 12.1 Å². The lowest BCUT2D eigenvalue weighted by atomic mass is 10.2. The van der Waals surface area contributed by atoms with Crippen molar-refractivity contribution < 1.29 is 8.42 Å². The Balaban J connectivity index is 0.00000264. The van der Waals surface area contributed by atoms with Crippen molar-refractivity contribution in [2.45, 2.75) is 30.7 Å². The minimum absolute atomic E-state index is 0. The van der Waals surface area contributed by atoms with Crippen molar-refractivity contribution in [3.63, 3.8) is 0 Å². The molecule has 0 bridgehead atoms. The molecule has 0 atom stereocenters. The molecule has 1 aliphatic carbocycles. The molecule has 0 radical (unpaired) electrons. The first kappa shape index (κ1) is 20.7. The van der Waals surface area contributed by atoms with Crippen LogP contribution in [-0.4, -0.2) is 45.5 Å². The topological polar surface area (TPSA) is 87.8 Å². The fourth-order valence-corrected chi connectivity index (χ4v) is 4.07. The van der Waals surface area contributed by atoms with E-state index in [0.29, 0.717) is 23.0 Å². The number of nitrogens with two attached hydrogens (primary N) is 1. The number of aryl methyl sites for hydroxylation is 1. The van der Waals surface area contributed by atoms with Gasteiger partial charge in [0.25, 0.3) is 0 Å². The lowest BCUT2D eigenvalue weighted by molar-refractivity contribution is 0.487. The molecule has 0 aliphatic heterocycles. The Bertz CT molecular complexity index is 677. The molecule has 9 heteroatoms. The Morgan fingerprint density at radius 3 is 2.74 bits per heavy atom. The average molecular weight is 517 g/mol. The van der Waals surface area contributed by atoms with Crippen molar-refractivity contribution in [2.75, 3.05) is 20.1 Å². The van der Waals surface area contributed by atoms with E-state index in [4.69, 9.17) is 5.73 Å². The molecule has 6 nitrogen and oxygen atoms in total. The maximum absolute atomic E-state index is 12.3. The first-order chi connectivity index (χ1) is 10.3. The maximum Gasteiger partial charge on any atom is 0.241 e. The highest BCUT2D eigenvalue weighted by atomic mass is 127. The molecule has 0 saturated heterocycles. The summed E-state index contributed by atoms with van der Waals surface area (Å²) < 4.78 is 27.6. The van der Waals surface area contributed by atoms with Crippen molar-refractivity contribution in [3.05, 3.63) is 28.2 Å². The molecule has 0 amide bonds. The third kappa shape index (κ3) is 5.87. The monoisotopic (exact) mass is 516 g/mol. The highest BCUT2D eigenvalue weighted by Gasteiger charge is 2.27. The summed E-state index contributed by atoms with van der Waals surface area (Å²) in [6.07, 6.45) is 2.28. The van der Waals surface area contributed by atoms with Gasteiger partial charge in [-0.2, -0.15) is 0 Å². The Kier molecular flexibility index (Phi) is 7.75. The summed E-state index contributed by atoms with van der Waals surface area (Å²) in [7, 11) is -1.65. The third-order valence-corrected chi connectivity index (χ3v) is 5.96. The minimum Gasteiger partial charge on any atom is -0.370 e. The molecule has 1 saturated carbocycles. The van der Waals surface area contributed by atoms with Gasteiger partial charge in [0.2, 0.25) is 10.0 Å². The van der Waals surface area contributed by atoms with Gasteiger partial charge in [-0.05, 0) is 53.4 Å². The van der Waals surface area contributed by atoms with Gasteiger partial charge in [0.05, 0.1) is 11.4 Å². The van der Waals surface area contributed by atoms with Gasteiger partial charge in [0, 0.05) is 24.1 Å². The largest absolute Gasteiger partial charge is 0.370 e. The number of guanidine groups is 1. The van der Waals surface area contributed by atoms with E-state index in [2.05, 4.69) is 25.6 Å². The van der Waals surface area contributed by atoms with Crippen LogP contribution in [0.2, 0.25) is 0 Å². The van der Waals surface area contributed by atoms with Crippen LogP contribution in [0.25, 0.3) is 0 Å². The Labute approximate surface area is 163 Å². The fourth-order valence-electron chi connectivity index (χ4n) is 2.01. The van der Waals surface area contributed by atoms with Gasteiger partial charge in [-0.15, -0.1) is 24.0 Å². The molecular formula is C14H22BrIN4O2S. The van der Waals surface area contributed by atoms with Crippen molar-refractivity contribution >= 4 is 55.9 Å². The number of halogens is 2. The SMILES string of the molecule is Cc1ccc(Br)c(S(=O)(=O)NCCN=C(N)N(C)C2CC2)c1.I. The molecule has 1 aliphatic rings. The second kappa shape index (κ2) is 8.63. The zero-order chi connectivity index (χ0) is 16.3. The smallest absolute Gasteiger partial charge is 0.241 e. The van der Waals surface area contributed by atoms with E-state index in [9.17, 15) is 8.42 Å². The number of hydrogen-bond acceptors (Lipinski definition) is 3. The quantitative estimate of drug-likeness (QED) is 0.262. The number of sulfonamides is 1. The molecule has 0 unspecified atom stereocenters. The number of rotatable bonds is 6. The van der Waals surface area contributed by atoms with Crippen molar-refractivity contribution in [3.8, 4) is 0 Å². The third-order valence-electron chi connectivity index (χ3n) is 3.51.